The minimum atomic E-state index is -0.975. The first kappa shape index (κ1) is 19.9. The van der Waals surface area contributed by atoms with E-state index in [0.29, 0.717) is 16.1 Å². The quantitative estimate of drug-likeness (QED) is 0.696. The molecule has 0 bridgehead atoms. The molecule has 7 heteroatoms. The maximum absolute atomic E-state index is 12.9. The molecule has 1 N–H and O–H groups in total. The second-order valence-corrected chi connectivity index (χ2v) is 6.89. The fourth-order valence-electron chi connectivity index (χ4n) is 3.14. The van der Waals surface area contributed by atoms with Crippen LogP contribution in [0.15, 0.2) is 54.1 Å². The Kier molecular flexibility index (Phi) is 6.03. The van der Waals surface area contributed by atoms with E-state index >= 15 is 0 Å². The van der Waals surface area contributed by atoms with Crippen molar-refractivity contribution in [3.8, 4) is 6.07 Å². The molecule has 0 spiro atoms. The van der Waals surface area contributed by atoms with Crippen LogP contribution in [-0.2, 0) is 14.3 Å². The van der Waals surface area contributed by atoms with Crippen molar-refractivity contribution >= 4 is 40.8 Å². The second-order valence-electron chi connectivity index (χ2n) is 6.05. The number of nitrogens with one attached hydrogen (secondary N) is 1. The van der Waals surface area contributed by atoms with Crippen LogP contribution in [0.5, 0.6) is 0 Å². The maximum Gasteiger partial charge on any atom is 0.338 e. The third-order valence-corrected chi connectivity index (χ3v) is 4.90. The SMILES string of the molecule is CCOC(=O)C1=C(c2ccc(Cl)cc2Cl)OC(=N)C(C#N)C1c1ccccc1. The molecule has 2 atom stereocenters. The van der Waals surface area contributed by atoms with E-state index in [2.05, 4.69) is 6.07 Å². The van der Waals surface area contributed by atoms with Gasteiger partial charge in [-0.25, -0.2) is 4.79 Å². The molecule has 1 heterocycles. The van der Waals surface area contributed by atoms with Gasteiger partial charge < -0.3 is 9.47 Å². The van der Waals surface area contributed by atoms with Gasteiger partial charge in [0.1, 0.15) is 11.7 Å². The van der Waals surface area contributed by atoms with Gasteiger partial charge in [-0.05, 0) is 30.7 Å². The molecule has 1 aliphatic heterocycles. The lowest BCUT2D eigenvalue weighted by Crippen LogP contribution is -2.33. The summed E-state index contributed by atoms with van der Waals surface area (Å²) in [7, 11) is 0. The Morgan fingerprint density at radius 2 is 1.96 bits per heavy atom. The predicted octanol–water partition coefficient (Wildman–Crippen LogP) is 5.20. The van der Waals surface area contributed by atoms with Crippen molar-refractivity contribution in [1.82, 2.24) is 0 Å². The number of nitriles is 1. The number of nitrogens with zero attached hydrogens (tertiary/aromatic N) is 1. The van der Waals surface area contributed by atoms with Crippen LogP contribution in [0.2, 0.25) is 10.0 Å². The van der Waals surface area contributed by atoms with E-state index in [1.807, 2.05) is 6.07 Å². The van der Waals surface area contributed by atoms with Gasteiger partial charge in [0, 0.05) is 16.5 Å². The van der Waals surface area contributed by atoms with E-state index in [1.54, 1.807) is 43.3 Å². The average Bonchev–Trinajstić information content (AvgIpc) is 2.68. The fraction of sp³-hybridized carbons (Fsp3) is 0.190. The molecule has 1 aliphatic rings. The molecule has 2 aromatic rings. The summed E-state index contributed by atoms with van der Waals surface area (Å²) in [6.45, 7) is 1.85. The summed E-state index contributed by atoms with van der Waals surface area (Å²) in [5.74, 6) is -2.48. The van der Waals surface area contributed by atoms with Gasteiger partial charge in [0.05, 0.1) is 23.3 Å². The Hall–Kier alpha value is -2.81. The largest absolute Gasteiger partial charge is 0.463 e. The van der Waals surface area contributed by atoms with Gasteiger partial charge in [0.25, 0.3) is 0 Å². The highest BCUT2D eigenvalue weighted by Crippen LogP contribution is 2.44. The van der Waals surface area contributed by atoms with E-state index in [0.717, 1.165) is 0 Å². The summed E-state index contributed by atoms with van der Waals surface area (Å²) >= 11 is 12.3. The van der Waals surface area contributed by atoms with E-state index < -0.39 is 17.8 Å². The number of hydrogen-bond acceptors (Lipinski definition) is 5. The van der Waals surface area contributed by atoms with Crippen LogP contribution in [-0.4, -0.2) is 18.5 Å². The zero-order valence-electron chi connectivity index (χ0n) is 14.9. The van der Waals surface area contributed by atoms with Crippen molar-refractivity contribution in [1.29, 1.82) is 10.7 Å². The molecule has 2 aromatic carbocycles. The van der Waals surface area contributed by atoms with Crippen LogP contribution in [0.3, 0.4) is 0 Å². The third kappa shape index (κ3) is 3.75. The molecule has 5 nitrogen and oxygen atoms in total. The Bertz CT molecular complexity index is 996. The maximum atomic E-state index is 12.9. The highest BCUT2D eigenvalue weighted by atomic mass is 35.5. The molecular weight excluding hydrogens is 399 g/mol. The van der Waals surface area contributed by atoms with E-state index in [4.69, 9.17) is 38.1 Å². The van der Waals surface area contributed by atoms with Crippen LogP contribution < -0.4 is 0 Å². The molecule has 0 amide bonds. The lowest BCUT2D eigenvalue weighted by molar-refractivity contribution is -0.139. The molecule has 0 aromatic heterocycles. The molecule has 2 unspecified atom stereocenters. The van der Waals surface area contributed by atoms with Crippen LogP contribution in [0, 0.1) is 22.7 Å². The average molecular weight is 415 g/mol. The molecule has 0 radical (unpaired) electrons. The first-order chi connectivity index (χ1) is 13.5. The summed E-state index contributed by atoms with van der Waals surface area (Å²) in [6, 6.07) is 15.9. The zero-order valence-corrected chi connectivity index (χ0v) is 16.4. The van der Waals surface area contributed by atoms with Crippen molar-refractivity contribution in [3.63, 3.8) is 0 Å². The molecule has 0 aliphatic carbocycles. The van der Waals surface area contributed by atoms with Crippen molar-refractivity contribution < 1.29 is 14.3 Å². The Labute approximate surface area is 172 Å². The Balaban J connectivity index is 2.31. The van der Waals surface area contributed by atoms with Gasteiger partial charge in [-0.2, -0.15) is 5.26 Å². The highest BCUT2D eigenvalue weighted by Gasteiger charge is 2.43. The standard InChI is InChI=1S/C21H16Cl2N2O3/c1-2-27-21(26)18-17(12-6-4-3-5-7-12)15(11-24)20(25)28-19(18)14-9-8-13(22)10-16(14)23/h3-10,15,17,25H,2H2,1H3. The third-order valence-electron chi connectivity index (χ3n) is 4.35. The van der Waals surface area contributed by atoms with Crippen molar-refractivity contribution in [2.75, 3.05) is 6.61 Å². The van der Waals surface area contributed by atoms with Crippen molar-refractivity contribution in [3.05, 3.63) is 75.3 Å². The lowest BCUT2D eigenvalue weighted by Gasteiger charge is -2.32. The topological polar surface area (TPSA) is 83.2 Å². The molecule has 3 rings (SSSR count). The summed E-state index contributed by atoms with van der Waals surface area (Å²) in [4.78, 5) is 12.9. The van der Waals surface area contributed by atoms with E-state index in [1.165, 1.54) is 6.07 Å². The number of benzene rings is 2. The number of carbonyl (C=O) groups excluding carboxylic acids is 1. The van der Waals surface area contributed by atoms with Gasteiger partial charge >= 0.3 is 5.97 Å². The second kappa shape index (κ2) is 8.47. The Morgan fingerprint density at radius 3 is 2.57 bits per heavy atom. The van der Waals surface area contributed by atoms with Crippen LogP contribution in [0.4, 0.5) is 0 Å². The fourth-order valence-corrected chi connectivity index (χ4v) is 3.64. The van der Waals surface area contributed by atoms with E-state index in [-0.39, 0.29) is 28.9 Å². The number of esters is 1. The minimum Gasteiger partial charge on any atom is -0.463 e. The zero-order chi connectivity index (χ0) is 20.3. The molecule has 28 heavy (non-hydrogen) atoms. The number of halogens is 2. The van der Waals surface area contributed by atoms with Gasteiger partial charge in [0.2, 0.25) is 5.90 Å². The summed E-state index contributed by atoms with van der Waals surface area (Å²) in [5.41, 5.74) is 1.25. The van der Waals surface area contributed by atoms with Gasteiger partial charge in [-0.15, -0.1) is 0 Å². The van der Waals surface area contributed by atoms with Gasteiger partial charge in [-0.1, -0.05) is 53.5 Å². The van der Waals surface area contributed by atoms with Crippen molar-refractivity contribution in [2.24, 2.45) is 5.92 Å². The van der Waals surface area contributed by atoms with Crippen LogP contribution in [0.1, 0.15) is 24.0 Å². The minimum absolute atomic E-state index is 0.102. The van der Waals surface area contributed by atoms with E-state index in [9.17, 15) is 10.1 Å². The number of hydrogen-bond donors (Lipinski definition) is 1. The molecule has 0 saturated carbocycles. The first-order valence-electron chi connectivity index (χ1n) is 8.55. The summed E-state index contributed by atoms with van der Waals surface area (Å²) in [6.07, 6.45) is 0. The number of carbonyl (C=O) groups is 1. The Morgan fingerprint density at radius 1 is 1.25 bits per heavy atom. The monoisotopic (exact) mass is 414 g/mol. The first-order valence-corrected chi connectivity index (χ1v) is 9.31. The van der Waals surface area contributed by atoms with Crippen LogP contribution in [0.25, 0.3) is 5.76 Å². The predicted molar refractivity (Wildman–Crippen MR) is 107 cm³/mol. The number of ether oxygens (including phenoxy) is 2. The summed E-state index contributed by atoms with van der Waals surface area (Å²) < 4.78 is 10.9. The smallest absolute Gasteiger partial charge is 0.338 e. The number of rotatable bonds is 4. The van der Waals surface area contributed by atoms with Crippen molar-refractivity contribution in [2.45, 2.75) is 12.8 Å². The highest BCUT2D eigenvalue weighted by molar-refractivity contribution is 6.35. The molecule has 0 fully saturated rings. The van der Waals surface area contributed by atoms with Gasteiger partial charge in [0.15, 0.2) is 0 Å². The van der Waals surface area contributed by atoms with Gasteiger partial charge in [-0.3, -0.25) is 5.41 Å². The lowest BCUT2D eigenvalue weighted by atomic mass is 9.78. The van der Waals surface area contributed by atoms with Crippen LogP contribution >= 0.6 is 23.2 Å². The molecule has 142 valence electrons. The molecular formula is C21H16Cl2N2O3. The normalized spacial score (nSPS) is 19.0. The summed E-state index contributed by atoms with van der Waals surface area (Å²) in [5, 5.41) is 18.6. The molecule has 0 saturated heterocycles.